The number of benzene rings is 1. The molecule has 1 aromatic carbocycles. The van der Waals surface area contributed by atoms with E-state index in [1.165, 1.54) is 11.1 Å². The van der Waals surface area contributed by atoms with Crippen molar-refractivity contribution in [1.29, 1.82) is 0 Å². The van der Waals surface area contributed by atoms with Crippen LogP contribution in [0.4, 0.5) is 4.79 Å². The van der Waals surface area contributed by atoms with E-state index in [1.807, 2.05) is 36.1 Å². The number of hydrogen-bond donors (Lipinski definition) is 1. The fourth-order valence-corrected chi connectivity index (χ4v) is 2.37. The molecular formula is C16H17N3O. The lowest BCUT2D eigenvalue weighted by Crippen LogP contribution is -2.36. The molecule has 0 unspecified atom stereocenters. The minimum atomic E-state index is -0.0261. The van der Waals surface area contributed by atoms with Gasteiger partial charge >= 0.3 is 6.03 Å². The predicted molar refractivity (Wildman–Crippen MR) is 76.9 cm³/mol. The Balaban J connectivity index is 1.57. The molecular weight excluding hydrogens is 250 g/mol. The van der Waals surface area contributed by atoms with Gasteiger partial charge in [0.05, 0.1) is 0 Å². The highest BCUT2D eigenvalue weighted by molar-refractivity contribution is 5.75. The molecule has 20 heavy (non-hydrogen) atoms. The number of carbonyl (C=O) groups excluding carboxylic acids is 1. The molecule has 2 heterocycles. The van der Waals surface area contributed by atoms with Gasteiger partial charge in [-0.1, -0.05) is 30.3 Å². The highest BCUT2D eigenvalue weighted by Gasteiger charge is 2.22. The lowest BCUT2D eigenvalue weighted by Gasteiger charge is -2.16. The monoisotopic (exact) mass is 267 g/mol. The van der Waals surface area contributed by atoms with E-state index in [-0.39, 0.29) is 6.03 Å². The number of fused-ring (bicyclic) bond motifs is 1. The molecule has 3 rings (SSSR count). The zero-order valence-corrected chi connectivity index (χ0v) is 11.5. The maximum atomic E-state index is 12.1. The van der Waals surface area contributed by atoms with Crippen LogP contribution in [0, 0.1) is 6.92 Å². The number of nitrogens with zero attached hydrogens (tertiary/aromatic N) is 2. The van der Waals surface area contributed by atoms with E-state index < -0.39 is 0 Å². The van der Waals surface area contributed by atoms with Gasteiger partial charge in [0.1, 0.15) is 0 Å². The minimum absolute atomic E-state index is 0.0261. The lowest BCUT2D eigenvalue weighted by atomic mass is 10.1. The molecule has 2 amide bonds. The average molecular weight is 267 g/mol. The van der Waals surface area contributed by atoms with E-state index in [0.717, 1.165) is 11.3 Å². The number of rotatable bonds is 2. The molecule has 1 N–H and O–H groups in total. The Morgan fingerprint density at radius 3 is 2.50 bits per heavy atom. The minimum Gasteiger partial charge on any atom is -0.334 e. The molecule has 0 spiro atoms. The topological polar surface area (TPSA) is 45.2 Å². The van der Waals surface area contributed by atoms with Gasteiger partial charge in [0.25, 0.3) is 0 Å². The second-order valence-electron chi connectivity index (χ2n) is 5.09. The first-order chi connectivity index (χ1) is 9.72. The Kier molecular flexibility index (Phi) is 3.37. The number of aryl methyl sites for hydroxylation is 1. The van der Waals surface area contributed by atoms with Gasteiger partial charge in [0.2, 0.25) is 0 Å². The van der Waals surface area contributed by atoms with Crippen LogP contribution in [0.1, 0.15) is 22.4 Å². The summed E-state index contributed by atoms with van der Waals surface area (Å²) in [5.41, 5.74) is 4.47. The van der Waals surface area contributed by atoms with Crippen molar-refractivity contribution in [3.8, 4) is 0 Å². The van der Waals surface area contributed by atoms with Crippen LogP contribution in [-0.4, -0.2) is 15.9 Å². The van der Waals surface area contributed by atoms with E-state index >= 15 is 0 Å². The molecule has 0 bridgehead atoms. The summed E-state index contributed by atoms with van der Waals surface area (Å²) in [6, 6.07) is 12.1. The number of pyridine rings is 1. The predicted octanol–water partition coefficient (Wildman–Crippen LogP) is 2.62. The molecule has 1 aromatic heterocycles. The van der Waals surface area contributed by atoms with Crippen molar-refractivity contribution >= 4 is 6.03 Å². The van der Waals surface area contributed by atoms with E-state index in [2.05, 4.69) is 22.4 Å². The van der Waals surface area contributed by atoms with Crippen LogP contribution in [0.2, 0.25) is 0 Å². The summed E-state index contributed by atoms with van der Waals surface area (Å²) in [6.45, 7) is 3.84. The van der Waals surface area contributed by atoms with E-state index in [0.29, 0.717) is 19.6 Å². The van der Waals surface area contributed by atoms with E-state index in [1.54, 1.807) is 6.20 Å². The molecule has 102 valence electrons. The normalized spacial score (nSPS) is 13.2. The van der Waals surface area contributed by atoms with Crippen molar-refractivity contribution in [2.75, 3.05) is 0 Å². The van der Waals surface area contributed by atoms with Gasteiger partial charge in [-0.25, -0.2) is 4.79 Å². The summed E-state index contributed by atoms with van der Waals surface area (Å²) in [5, 5.41) is 2.94. The third-order valence-electron chi connectivity index (χ3n) is 3.54. The molecule has 1 aliphatic rings. The molecule has 0 radical (unpaired) electrons. The van der Waals surface area contributed by atoms with Crippen molar-refractivity contribution in [1.82, 2.24) is 15.2 Å². The van der Waals surface area contributed by atoms with Gasteiger partial charge in [-0.3, -0.25) is 4.98 Å². The molecule has 0 saturated carbocycles. The Morgan fingerprint density at radius 1 is 1.20 bits per heavy atom. The highest BCUT2D eigenvalue weighted by Crippen LogP contribution is 2.21. The van der Waals surface area contributed by atoms with Gasteiger partial charge in [0, 0.05) is 31.5 Å². The van der Waals surface area contributed by atoms with Gasteiger partial charge in [-0.15, -0.1) is 0 Å². The number of hydrogen-bond acceptors (Lipinski definition) is 2. The van der Waals surface area contributed by atoms with Crippen LogP contribution >= 0.6 is 0 Å². The van der Waals surface area contributed by atoms with Crippen LogP contribution in [0.25, 0.3) is 0 Å². The first-order valence-electron chi connectivity index (χ1n) is 6.73. The highest BCUT2D eigenvalue weighted by atomic mass is 16.2. The SMILES string of the molecule is Cc1ccc(CNC(=O)N2Cc3ccccc3C2)cn1. The van der Waals surface area contributed by atoms with Crippen LogP contribution in [-0.2, 0) is 19.6 Å². The van der Waals surface area contributed by atoms with Gasteiger partial charge in [0.15, 0.2) is 0 Å². The van der Waals surface area contributed by atoms with Crippen molar-refractivity contribution < 1.29 is 4.79 Å². The van der Waals surface area contributed by atoms with Gasteiger partial charge < -0.3 is 10.2 Å². The lowest BCUT2D eigenvalue weighted by molar-refractivity contribution is 0.198. The Labute approximate surface area is 118 Å². The summed E-state index contributed by atoms with van der Waals surface area (Å²) in [6.07, 6.45) is 1.80. The van der Waals surface area contributed by atoms with Crippen molar-refractivity contribution in [2.24, 2.45) is 0 Å². The largest absolute Gasteiger partial charge is 0.334 e. The summed E-state index contributed by atoms with van der Waals surface area (Å²) in [7, 11) is 0. The van der Waals surface area contributed by atoms with E-state index in [9.17, 15) is 4.79 Å². The molecule has 2 aromatic rings. The molecule has 0 atom stereocenters. The maximum Gasteiger partial charge on any atom is 0.318 e. The van der Waals surface area contributed by atoms with Gasteiger partial charge in [-0.05, 0) is 29.7 Å². The summed E-state index contributed by atoms with van der Waals surface area (Å²) < 4.78 is 0. The fraction of sp³-hybridized carbons (Fsp3) is 0.250. The average Bonchev–Trinajstić information content (AvgIpc) is 2.90. The van der Waals surface area contributed by atoms with Crippen molar-refractivity contribution in [3.05, 3.63) is 65.0 Å². The quantitative estimate of drug-likeness (QED) is 0.909. The maximum absolute atomic E-state index is 12.1. The number of urea groups is 1. The first kappa shape index (κ1) is 12.7. The molecule has 0 fully saturated rings. The first-order valence-corrected chi connectivity index (χ1v) is 6.73. The molecule has 4 nitrogen and oxygen atoms in total. The van der Waals surface area contributed by atoms with Gasteiger partial charge in [-0.2, -0.15) is 0 Å². The Morgan fingerprint density at radius 2 is 1.90 bits per heavy atom. The third-order valence-corrected chi connectivity index (χ3v) is 3.54. The van der Waals surface area contributed by atoms with Crippen LogP contribution < -0.4 is 5.32 Å². The summed E-state index contributed by atoms with van der Waals surface area (Å²) in [4.78, 5) is 18.2. The molecule has 0 saturated heterocycles. The summed E-state index contributed by atoms with van der Waals surface area (Å²) >= 11 is 0. The standard InChI is InChI=1S/C16H17N3O/c1-12-6-7-13(8-17-12)9-18-16(20)19-10-14-4-2-3-5-15(14)11-19/h2-8H,9-11H2,1H3,(H,18,20). The fourth-order valence-electron chi connectivity index (χ4n) is 2.37. The second kappa shape index (κ2) is 5.33. The molecule has 1 aliphatic heterocycles. The Hall–Kier alpha value is -2.36. The molecule has 4 heteroatoms. The summed E-state index contributed by atoms with van der Waals surface area (Å²) in [5.74, 6) is 0. The zero-order valence-electron chi connectivity index (χ0n) is 11.5. The Bertz CT molecular complexity index is 597. The van der Waals surface area contributed by atoms with Crippen LogP contribution in [0.3, 0.4) is 0 Å². The third kappa shape index (κ3) is 2.64. The van der Waals surface area contributed by atoms with E-state index in [4.69, 9.17) is 0 Å². The number of carbonyl (C=O) groups is 1. The number of nitrogens with one attached hydrogen (secondary N) is 1. The van der Waals surface area contributed by atoms with Crippen molar-refractivity contribution in [2.45, 2.75) is 26.6 Å². The number of amides is 2. The smallest absolute Gasteiger partial charge is 0.318 e. The number of aromatic nitrogens is 1. The van der Waals surface area contributed by atoms with Crippen LogP contribution in [0.15, 0.2) is 42.6 Å². The van der Waals surface area contributed by atoms with Crippen LogP contribution in [0.5, 0.6) is 0 Å². The second-order valence-corrected chi connectivity index (χ2v) is 5.09. The zero-order chi connectivity index (χ0) is 13.9. The molecule has 0 aliphatic carbocycles. The van der Waals surface area contributed by atoms with Crippen molar-refractivity contribution in [3.63, 3.8) is 0 Å².